The summed E-state index contributed by atoms with van der Waals surface area (Å²) in [6.45, 7) is 1.79. The average molecular weight is 370 g/mol. The van der Waals surface area contributed by atoms with Crippen molar-refractivity contribution in [2.45, 2.75) is 12.3 Å². The summed E-state index contributed by atoms with van der Waals surface area (Å²) in [6.07, 6.45) is 0. The molecule has 0 aliphatic rings. The number of thiophene rings is 1. The summed E-state index contributed by atoms with van der Waals surface area (Å²) in [5.74, 6) is 0.508. The van der Waals surface area contributed by atoms with Gasteiger partial charge in [0.2, 0.25) is 0 Å². The lowest BCUT2D eigenvalue weighted by molar-refractivity contribution is 0.917. The Kier molecular flexibility index (Phi) is 3.67. The number of halogens is 2. The summed E-state index contributed by atoms with van der Waals surface area (Å²) in [4.78, 5) is 20.2. The first kappa shape index (κ1) is 13.8. The number of alkyl halides is 1. The van der Waals surface area contributed by atoms with E-state index < -0.39 is 0 Å². The first-order valence-electron chi connectivity index (χ1n) is 5.97. The number of aromatic nitrogens is 2. The van der Waals surface area contributed by atoms with Crippen molar-refractivity contribution in [2.75, 3.05) is 0 Å². The van der Waals surface area contributed by atoms with E-state index in [9.17, 15) is 4.79 Å². The van der Waals surface area contributed by atoms with Gasteiger partial charge in [-0.25, -0.2) is 4.98 Å². The summed E-state index contributed by atoms with van der Waals surface area (Å²) in [6, 6.07) is 7.86. The number of nitrogens with one attached hydrogen (secondary N) is 1. The van der Waals surface area contributed by atoms with Gasteiger partial charge in [-0.2, -0.15) is 0 Å². The molecular formula is C14H10BrClN2OS. The van der Waals surface area contributed by atoms with Crippen LogP contribution in [0.1, 0.15) is 18.1 Å². The van der Waals surface area contributed by atoms with E-state index >= 15 is 0 Å². The monoisotopic (exact) mass is 368 g/mol. The van der Waals surface area contributed by atoms with Crippen molar-refractivity contribution >= 4 is 49.1 Å². The lowest BCUT2D eigenvalue weighted by Gasteiger charge is -2.03. The summed E-state index contributed by atoms with van der Waals surface area (Å²) < 4.78 is 1.01. The molecule has 0 saturated carbocycles. The van der Waals surface area contributed by atoms with Crippen molar-refractivity contribution in [3.8, 4) is 11.1 Å². The van der Waals surface area contributed by atoms with E-state index in [4.69, 9.17) is 11.6 Å². The maximum atomic E-state index is 12.3. The Balaban J connectivity index is 2.24. The molecule has 3 aromatic rings. The van der Waals surface area contributed by atoms with Crippen LogP contribution >= 0.6 is 38.9 Å². The minimum absolute atomic E-state index is 0.142. The molecule has 2 aromatic heterocycles. The fraction of sp³-hybridized carbons (Fsp3) is 0.143. The number of fused-ring (bicyclic) bond motifs is 1. The highest BCUT2D eigenvalue weighted by molar-refractivity contribution is 9.10. The maximum Gasteiger partial charge on any atom is 0.260 e. The molecule has 0 amide bonds. The fourth-order valence-electron chi connectivity index (χ4n) is 2.00. The van der Waals surface area contributed by atoms with Gasteiger partial charge in [-0.3, -0.25) is 4.79 Å². The van der Waals surface area contributed by atoms with E-state index in [1.807, 2.05) is 29.6 Å². The van der Waals surface area contributed by atoms with Crippen LogP contribution in [0.5, 0.6) is 0 Å². The largest absolute Gasteiger partial charge is 0.309 e. The van der Waals surface area contributed by atoms with Gasteiger partial charge in [-0.05, 0) is 24.6 Å². The highest BCUT2D eigenvalue weighted by atomic mass is 79.9. The second kappa shape index (κ2) is 5.31. The molecule has 1 aromatic carbocycles. The number of nitrogens with zero attached hydrogens (tertiary/aromatic N) is 1. The zero-order valence-corrected chi connectivity index (χ0v) is 13.6. The summed E-state index contributed by atoms with van der Waals surface area (Å²) in [5, 5.41) is 2.27. The molecular weight excluding hydrogens is 360 g/mol. The lowest BCUT2D eigenvalue weighted by Crippen LogP contribution is -2.11. The topological polar surface area (TPSA) is 45.8 Å². The van der Waals surface area contributed by atoms with Crippen LogP contribution in [0, 0.1) is 0 Å². The number of hydrogen-bond donors (Lipinski definition) is 1. The number of H-pyrrole nitrogens is 1. The third kappa shape index (κ3) is 2.41. The van der Waals surface area contributed by atoms with Crippen LogP contribution in [-0.4, -0.2) is 9.97 Å². The Morgan fingerprint density at radius 2 is 2.05 bits per heavy atom. The minimum atomic E-state index is -0.315. The summed E-state index contributed by atoms with van der Waals surface area (Å²) >= 11 is 10.8. The molecule has 0 bridgehead atoms. The molecule has 1 N–H and O–H groups in total. The number of hydrogen-bond acceptors (Lipinski definition) is 3. The van der Waals surface area contributed by atoms with Crippen LogP contribution in [0.4, 0.5) is 0 Å². The molecule has 3 rings (SSSR count). The molecule has 0 aliphatic heterocycles. The van der Waals surface area contributed by atoms with Gasteiger partial charge < -0.3 is 4.98 Å². The number of benzene rings is 1. The van der Waals surface area contributed by atoms with Gasteiger partial charge in [0.1, 0.15) is 10.7 Å². The number of aromatic amines is 1. The SMILES string of the molecule is CC(Cl)c1nc2scc(-c3ccc(Br)cc3)c2c(=O)[nH]1. The van der Waals surface area contributed by atoms with Crippen molar-refractivity contribution in [3.63, 3.8) is 0 Å². The van der Waals surface area contributed by atoms with Crippen molar-refractivity contribution in [1.29, 1.82) is 0 Å². The van der Waals surface area contributed by atoms with Crippen LogP contribution in [-0.2, 0) is 0 Å². The first-order chi connectivity index (χ1) is 9.56. The number of rotatable bonds is 2. The smallest absolute Gasteiger partial charge is 0.260 e. The Hall–Kier alpha value is -1.17. The molecule has 3 nitrogen and oxygen atoms in total. The van der Waals surface area contributed by atoms with Crippen molar-refractivity contribution in [3.05, 3.63) is 50.3 Å². The average Bonchev–Trinajstić information content (AvgIpc) is 2.84. The van der Waals surface area contributed by atoms with Crippen LogP contribution in [0.25, 0.3) is 21.3 Å². The molecule has 0 fully saturated rings. The third-order valence-corrected chi connectivity index (χ3v) is 4.60. The standard InChI is InChI=1S/C14H10BrClN2OS/c1-7(16)12-17-13(19)11-10(6-20-14(11)18-12)8-2-4-9(15)5-3-8/h2-7H,1H3,(H,17,18,19). The van der Waals surface area contributed by atoms with Gasteiger partial charge in [0.15, 0.2) is 0 Å². The molecule has 1 atom stereocenters. The van der Waals surface area contributed by atoms with Gasteiger partial charge in [0.05, 0.1) is 10.8 Å². The summed E-state index contributed by atoms with van der Waals surface area (Å²) in [5.41, 5.74) is 1.76. The van der Waals surface area contributed by atoms with E-state index in [1.54, 1.807) is 6.92 Å². The minimum Gasteiger partial charge on any atom is -0.309 e. The Morgan fingerprint density at radius 3 is 2.70 bits per heavy atom. The third-order valence-electron chi connectivity index (χ3n) is 2.99. The normalized spacial score (nSPS) is 12.8. The molecule has 2 heterocycles. The van der Waals surface area contributed by atoms with E-state index in [2.05, 4.69) is 25.9 Å². The van der Waals surface area contributed by atoms with Crippen molar-refractivity contribution in [2.24, 2.45) is 0 Å². The Bertz CT molecular complexity index is 823. The Labute approximate surface area is 132 Å². The van der Waals surface area contributed by atoms with E-state index in [0.717, 1.165) is 15.6 Å². The predicted octanol–water partition coefficient (Wildman–Crippen LogP) is 4.71. The van der Waals surface area contributed by atoms with Crippen molar-refractivity contribution in [1.82, 2.24) is 9.97 Å². The fourth-order valence-corrected chi connectivity index (χ4v) is 3.32. The van der Waals surface area contributed by atoms with Crippen LogP contribution < -0.4 is 5.56 Å². The molecule has 0 saturated heterocycles. The molecule has 0 spiro atoms. The summed E-state index contributed by atoms with van der Waals surface area (Å²) in [7, 11) is 0. The van der Waals surface area contributed by atoms with Crippen LogP contribution in [0.3, 0.4) is 0 Å². The molecule has 102 valence electrons. The molecule has 0 radical (unpaired) electrons. The van der Waals surface area contributed by atoms with Gasteiger partial charge >= 0.3 is 0 Å². The van der Waals surface area contributed by atoms with Crippen LogP contribution in [0.2, 0.25) is 0 Å². The lowest BCUT2D eigenvalue weighted by atomic mass is 10.1. The molecule has 6 heteroatoms. The van der Waals surface area contributed by atoms with Gasteiger partial charge in [-0.1, -0.05) is 28.1 Å². The quantitative estimate of drug-likeness (QED) is 0.665. The predicted molar refractivity (Wildman–Crippen MR) is 87.6 cm³/mol. The van der Waals surface area contributed by atoms with Gasteiger partial charge in [-0.15, -0.1) is 22.9 Å². The zero-order valence-electron chi connectivity index (χ0n) is 10.5. The molecule has 0 aliphatic carbocycles. The van der Waals surface area contributed by atoms with Gasteiger partial charge in [0, 0.05) is 15.4 Å². The Morgan fingerprint density at radius 1 is 1.35 bits per heavy atom. The first-order valence-corrected chi connectivity index (χ1v) is 8.08. The molecule has 20 heavy (non-hydrogen) atoms. The van der Waals surface area contributed by atoms with E-state index in [-0.39, 0.29) is 10.9 Å². The molecule has 1 unspecified atom stereocenters. The van der Waals surface area contributed by atoms with Crippen LogP contribution in [0.15, 0.2) is 38.9 Å². The second-order valence-electron chi connectivity index (χ2n) is 4.40. The van der Waals surface area contributed by atoms with E-state index in [1.165, 1.54) is 11.3 Å². The zero-order chi connectivity index (χ0) is 14.3. The van der Waals surface area contributed by atoms with Gasteiger partial charge in [0.25, 0.3) is 5.56 Å². The maximum absolute atomic E-state index is 12.3. The highest BCUT2D eigenvalue weighted by Gasteiger charge is 2.14. The highest BCUT2D eigenvalue weighted by Crippen LogP contribution is 2.32. The van der Waals surface area contributed by atoms with E-state index in [0.29, 0.717) is 16.0 Å². The van der Waals surface area contributed by atoms with Crippen molar-refractivity contribution < 1.29 is 0 Å². The second-order valence-corrected chi connectivity index (χ2v) is 6.83.